The Morgan fingerprint density at radius 1 is 1.18 bits per heavy atom. The number of ether oxygens (including phenoxy) is 1. The molecular formula is C22H22F3NO2. The van der Waals surface area contributed by atoms with Crippen LogP contribution >= 0.6 is 0 Å². The topological polar surface area (TPSA) is 38.3 Å². The van der Waals surface area contributed by atoms with Crippen LogP contribution in [0.1, 0.15) is 42.0 Å². The molecule has 3 nitrogen and oxygen atoms in total. The van der Waals surface area contributed by atoms with Crippen LogP contribution < -0.4 is 5.32 Å². The van der Waals surface area contributed by atoms with Gasteiger partial charge in [-0.05, 0) is 55.5 Å². The predicted octanol–water partition coefficient (Wildman–Crippen LogP) is 5.32. The maximum Gasteiger partial charge on any atom is 0.416 e. The zero-order valence-electron chi connectivity index (χ0n) is 15.6. The van der Waals surface area contributed by atoms with E-state index in [4.69, 9.17) is 11.2 Å². The van der Waals surface area contributed by atoms with Gasteiger partial charge in [-0.2, -0.15) is 13.2 Å². The molecule has 0 unspecified atom stereocenters. The number of carbonyl (C=O) groups excluding carboxylic acids is 1. The number of hydrogen-bond donors (Lipinski definition) is 1. The molecule has 0 saturated carbocycles. The van der Waals surface area contributed by atoms with Gasteiger partial charge in [0.15, 0.2) is 0 Å². The Balaban J connectivity index is 1.79. The Kier molecular flexibility index (Phi) is 7.51. The molecule has 148 valence electrons. The van der Waals surface area contributed by atoms with E-state index in [0.717, 1.165) is 17.7 Å². The molecule has 0 saturated heterocycles. The number of hydrogen-bond acceptors (Lipinski definition) is 2. The van der Waals surface area contributed by atoms with Gasteiger partial charge in [-0.1, -0.05) is 36.3 Å². The maximum atomic E-state index is 12.9. The third kappa shape index (κ3) is 6.99. The second kappa shape index (κ2) is 9.84. The van der Waals surface area contributed by atoms with Crippen molar-refractivity contribution in [2.75, 3.05) is 0 Å². The highest BCUT2D eigenvalue weighted by Gasteiger charge is 2.31. The minimum Gasteiger partial charge on any atom is -0.445 e. The fourth-order valence-electron chi connectivity index (χ4n) is 2.73. The van der Waals surface area contributed by atoms with Crippen molar-refractivity contribution in [3.63, 3.8) is 0 Å². The van der Waals surface area contributed by atoms with E-state index in [0.29, 0.717) is 24.8 Å². The van der Waals surface area contributed by atoms with E-state index in [1.807, 2.05) is 37.3 Å². The smallest absolute Gasteiger partial charge is 0.416 e. The van der Waals surface area contributed by atoms with Crippen LogP contribution in [-0.2, 0) is 23.9 Å². The first-order valence-electron chi connectivity index (χ1n) is 8.93. The first kappa shape index (κ1) is 21.4. The number of alkyl halides is 3. The van der Waals surface area contributed by atoms with Crippen molar-refractivity contribution >= 4 is 6.09 Å². The van der Waals surface area contributed by atoms with E-state index >= 15 is 0 Å². The molecule has 0 heterocycles. The molecule has 6 heteroatoms. The van der Waals surface area contributed by atoms with Gasteiger partial charge in [0.05, 0.1) is 5.56 Å². The minimum absolute atomic E-state index is 0.166. The molecule has 0 aromatic heterocycles. The van der Waals surface area contributed by atoms with Gasteiger partial charge in [-0.25, -0.2) is 4.79 Å². The number of carbonyl (C=O) groups is 1. The number of rotatable bonds is 7. The molecule has 0 bridgehead atoms. The zero-order chi connectivity index (χ0) is 20.6. The van der Waals surface area contributed by atoms with Crippen LogP contribution in [0.3, 0.4) is 0 Å². The number of halogens is 3. The Morgan fingerprint density at radius 3 is 2.54 bits per heavy atom. The molecule has 0 radical (unpaired) electrons. The van der Waals surface area contributed by atoms with Gasteiger partial charge in [0.2, 0.25) is 0 Å². The standard InChI is InChI=1S/C22H22F3NO2/c1-3-17-12-19(14-20(13-17)22(23,24)25)11-7-8-16(2)26-21(27)28-15-18-9-5-4-6-10-18/h1,4-6,9-10,12-14,16H,7-8,11,15H2,2H3,(H,26,27)/t16-/m0/s1. The Labute approximate surface area is 162 Å². The van der Waals surface area contributed by atoms with E-state index < -0.39 is 17.8 Å². The van der Waals surface area contributed by atoms with Crippen molar-refractivity contribution in [3.8, 4) is 12.3 Å². The first-order valence-corrected chi connectivity index (χ1v) is 8.93. The van der Waals surface area contributed by atoms with E-state index in [-0.39, 0.29) is 18.2 Å². The number of benzene rings is 2. The molecule has 28 heavy (non-hydrogen) atoms. The number of terminal acetylenes is 1. The van der Waals surface area contributed by atoms with E-state index in [9.17, 15) is 18.0 Å². The number of amides is 1. The fraction of sp³-hybridized carbons (Fsp3) is 0.318. The maximum absolute atomic E-state index is 12.9. The molecular weight excluding hydrogens is 367 g/mol. The highest BCUT2D eigenvalue weighted by atomic mass is 19.4. The van der Waals surface area contributed by atoms with Crippen LogP contribution in [0.25, 0.3) is 0 Å². The summed E-state index contributed by atoms with van der Waals surface area (Å²) in [5.41, 5.74) is 0.884. The second-order valence-electron chi connectivity index (χ2n) is 6.56. The average Bonchev–Trinajstić information content (AvgIpc) is 2.66. The summed E-state index contributed by atoms with van der Waals surface area (Å²) in [4.78, 5) is 11.8. The van der Waals surface area contributed by atoms with Crippen LogP contribution in [-0.4, -0.2) is 12.1 Å². The average molecular weight is 389 g/mol. The van der Waals surface area contributed by atoms with Gasteiger partial charge in [0.25, 0.3) is 0 Å². The lowest BCUT2D eigenvalue weighted by molar-refractivity contribution is -0.137. The summed E-state index contributed by atoms with van der Waals surface area (Å²) < 4.78 is 44.0. The van der Waals surface area contributed by atoms with Gasteiger partial charge in [0, 0.05) is 11.6 Å². The van der Waals surface area contributed by atoms with E-state index in [1.54, 1.807) is 6.07 Å². The van der Waals surface area contributed by atoms with Crippen LogP contribution in [0.4, 0.5) is 18.0 Å². The fourth-order valence-corrected chi connectivity index (χ4v) is 2.73. The highest BCUT2D eigenvalue weighted by Crippen LogP contribution is 2.31. The normalized spacial score (nSPS) is 12.1. The lowest BCUT2D eigenvalue weighted by atomic mass is 10.0. The minimum atomic E-state index is -4.43. The third-order valence-electron chi connectivity index (χ3n) is 4.17. The van der Waals surface area contributed by atoms with E-state index in [2.05, 4.69) is 11.2 Å². The van der Waals surface area contributed by atoms with Crippen LogP contribution in [0, 0.1) is 12.3 Å². The Hall–Kier alpha value is -2.94. The van der Waals surface area contributed by atoms with Crippen molar-refractivity contribution in [3.05, 3.63) is 70.8 Å². The molecule has 0 aliphatic heterocycles. The van der Waals surface area contributed by atoms with Crippen molar-refractivity contribution in [2.24, 2.45) is 0 Å². The van der Waals surface area contributed by atoms with Gasteiger partial charge in [-0.15, -0.1) is 6.42 Å². The SMILES string of the molecule is C#Cc1cc(CCC[C@H](C)NC(=O)OCc2ccccc2)cc(C(F)(F)F)c1. The summed E-state index contributed by atoms with van der Waals surface area (Å²) in [5, 5.41) is 2.72. The number of aryl methyl sites for hydroxylation is 1. The quantitative estimate of drug-likeness (QED) is 0.651. The molecule has 2 aromatic carbocycles. The summed E-state index contributed by atoms with van der Waals surface area (Å²) in [6.45, 7) is 2.00. The first-order chi connectivity index (χ1) is 13.3. The van der Waals surface area contributed by atoms with Crippen molar-refractivity contribution in [1.29, 1.82) is 0 Å². The summed E-state index contributed by atoms with van der Waals surface area (Å²) in [6.07, 6.45) is 1.94. The Bertz CT molecular complexity index is 826. The molecule has 0 spiro atoms. The van der Waals surface area contributed by atoms with Crippen molar-refractivity contribution in [2.45, 2.75) is 45.0 Å². The third-order valence-corrected chi connectivity index (χ3v) is 4.17. The molecule has 0 fully saturated rings. The largest absolute Gasteiger partial charge is 0.445 e. The summed E-state index contributed by atoms with van der Waals surface area (Å²) >= 11 is 0. The molecule has 1 N–H and O–H groups in total. The van der Waals surface area contributed by atoms with Gasteiger partial charge in [-0.3, -0.25) is 0 Å². The Morgan fingerprint density at radius 2 is 1.89 bits per heavy atom. The van der Waals surface area contributed by atoms with Gasteiger partial charge >= 0.3 is 12.3 Å². The molecule has 0 aliphatic rings. The predicted molar refractivity (Wildman–Crippen MR) is 102 cm³/mol. The monoisotopic (exact) mass is 389 g/mol. The second-order valence-corrected chi connectivity index (χ2v) is 6.56. The molecule has 1 amide bonds. The molecule has 2 aromatic rings. The summed E-state index contributed by atoms with van der Waals surface area (Å²) in [5.74, 6) is 2.26. The van der Waals surface area contributed by atoms with Crippen LogP contribution in [0.5, 0.6) is 0 Å². The van der Waals surface area contributed by atoms with E-state index in [1.165, 1.54) is 0 Å². The van der Waals surface area contributed by atoms with Gasteiger partial charge < -0.3 is 10.1 Å². The lowest BCUT2D eigenvalue weighted by Gasteiger charge is -2.14. The van der Waals surface area contributed by atoms with Crippen LogP contribution in [0.2, 0.25) is 0 Å². The lowest BCUT2D eigenvalue weighted by Crippen LogP contribution is -2.33. The molecule has 0 aliphatic carbocycles. The summed E-state index contributed by atoms with van der Waals surface area (Å²) in [7, 11) is 0. The highest BCUT2D eigenvalue weighted by molar-refractivity contribution is 5.67. The summed E-state index contributed by atoms with van der Waals surface area (Å²) in [6, 6.07) is 12.8. The number of nitrogens with one attached hydrogen (secondary N) is 1. The van der Waals surface area contributed by atoms with Crippen molar-refractivity contribution in [1.82, 2.24) is 5.32 Å². The molecule has 2 rings (SSSR count). The van der Waals surface area contributed by atoms with Crippen molar-refractivity contribution < 1.29 is 22.7 Å². The number of alkyl carbamates (subject to hydrolysis) is 1. The molecule has 1 atom stereocenters. The van der Waals surface area contributed by atoms with Gasteiger partial charge in [0.1, 0.15) is 6.61 Å². The van der Waals surface area contributed by atoms with Crippen LogP contribution in [0.15, 0.2) is 48.5 Å². The zero-order valence-corrected chi connectivity index (χ0v) is 15.6.